The molecule has 7 N–H and O–H groups in total. The highest BCUT2D eigenvalue weighted by Gasteiger charge is 2.30. The molecular weight excluding hydrogens is 602 g/mol. The zero-order valence-corrected chi connectivity index (χ0v) is 30.0. The fraction of sp³-hybridized carbons (Fsp3) is 0.829. The first-order chi connectivity index (χ1) is 22.2. The van der Waals surface area contributed by atoms with Crippen LogP contribution in [-0.2, 0) is 28.8 Å². The Morgan fingerprint density at radius 1 is 0.553 bits per heavy atom. The van der Waals surface area contributed by atoms with Crippen molar-refractivity contribution in [3.05, 3.63) is 0 Å². The number of nitrogens with two attached hydrogens (primary N) is 1. The molecule has 0 saturated heterocycles. The van der Waals surface area contributed by atoms with Crippen LogP contribution >= 0.6 is 0 Å². The predicted molar refractivity (Wildman–Crippen MR) is 184 cm³/mol. The quantitative estimate of drug-likeness (QED) is 0.0661. The predicted octanol–water partition coefficient (Wildman–Crippen LogP) is 4.48. The molecule has 0 rings (SSSR count). The third kappa shape index (κ3) is 22.9. The zero-order chi connectivity index (χ0) is 35.8. The second kappa shape index (κ2) is 25.9. The van der Waals surface area contributed by atoms with Crippen molar-refractivity contribution >= 4 is 35.5 Å². The lowest BCUT2D eigenvalue weighted by Gasteiger charge is -2.26. The molecule has 47 heavy (non-hydrogen) atoms. The number of nitrogens with one attached hydrogen (secondary N) is 4. The van der Waals surface area contributed by atoms with Gasteiger partial charge in [-0.15, -0.1) is 0 Å². The largest absolute Gasteiger partial charge is 0.480 e. The van der Waals surface area contributed by atoms with Crippen LogP contribution in [0.3, 0.4) is 0 Å². The minimum atomic E-state index is -1.54. The maximum Gasteiger partial charge on any atom is 0.326 e. The fourth-order valence-electron chi connectivity index (χ4n) is 5.33. The van der Waals surface area contributed by atoms with Crippen LogP contribution in [0.4, 0.5) is 0 Å². The molecule has 0 saturated carbocycles. The first-order valence-corrected chi connectivity index (χ1v) is 17.9. The van der Waals surface area contributed by atoms with E-state index in [0.29, 0.717) is 12.8 Å². The Kier molecular flexibility index (Phi) is 24.1. The number of carbonyl (C=O) groups is 6. The average molecular weight is 668 g/mol. The normalized spacial score (nSPS) is 13.8. The molecule has 5 amide bonds. The lowest BCUT2D eigenvalue weighted by atomic mass is 9.99. The monoisotopic (exact) mass is 667 g/mol. The maximum atomic E-state index is 13.3. The summed E-state index contributed by atoms with van der Waals surface area (Å²) >= 11 is 0. The van der Waals surface area contributed by atoms with Gasteiger partial charge >= 0.3 is 5.97 Å². The molecule has 272 valence electrons. The van der Waals surface area contributed by atoms with E-state index in [1.165, 1.54) is 71.1 Å². The number of carboxylic acids is 1. The zero-order valence-electron chi connectivity index (χ0n) is 30.0. The van der Waals surface area contributed by atoms with Gasteiger partial charge in [0.1, 0.15) is 24.2 Å². The van der Waals surface area contributed by atoms with Crippen molar-refractivity contribution in [1.29, 1.82) is 0 Å². The van der Waals surface area contributed by atoms with Crippen molar-refractivity contribution in [3.63, 3.8) is 0 Å². The Balaban J connectivity index is 4.89. The fourth-order valence-corrected chi connectivity index (χ4v) is 5.33. The summed E-state index contributed by atoms with van der Waals surface area (Å²) in [6.07, 6.45) is 16.1. The van der Waals surface area contributed by atoms with E-state index in [4.69, 9.17) is 5.73 Å². The Bertz CT molecular complexity index is 957. The number of primary amides is 1. The summed E-state index contributed by atoms with van der Waals surface area (Å²) in [7, 11) is 0. The standard InChI is InChI=1S/C35H65N5O7/c1-7-8-9-10-11-12-13-14-15-16-17-18-19-20-31(42)38-27(21-24(2)3)34(45)39-28(22-25(4)5)33(44)37-26(6)32(43)40-29(35(46)47)23-30(36)41/h24-29H,7-23H2,1-6H3,(H2,36,41)(H,37,44)(H,38,42)(H,39,45)(H,40,43)(H,46,47)/t26-,27-,28-,29-/m0/s1. The van der Waals surface area contributed by atoms with Crippen molar-refractivity contribution < 1.29 is 33.9 Å². The van der Waals surface area contributed by atoms with Gasteiger partial charge in [-0.2, -0.15) is 0 Å². The Hall–Kier alpha value is -3.18. The molecule has 0 unspecified atom stereocenters. The van der Waals surface area contributed by atoms with Crippen LogP contribution in [-0.4, -0.2) is 64.8 Å². The highest BCUT2D eigenvalue weighted by Crippen LogP contribution is 2.14. The summed E-state index contributed by atoms with van der Waals surface area (Å²) in [5, 5.41) is 19.6. The molecule has 0 spiro atoms. The van der Waals surface area contributed by atoms with Gasteiger partial charge in [0.25, 0.3) is 0 Å². The highest BCUT2D eigenvalue weighted by atomic mass is 16.4. The summed E-state index contributed by atoms with van der Waals surface area (Å²) in [6, 6.07) is -4.51. The Morgan fingerprint density at radius 3 is 1.38 bits per heavy atom. The van der Waals surface area contributed by atoms with Gasteiger partial charge in [0.15, 0.2) is 0 Å². The molecule has 12 heteroatoms. The summed E-state index contributed by atoms with van der Waals surface area (Å²) in [6.45, 7) is 11.3. The van der Waals surface area contributed by atoms with Crippen LogP contribution in [0.1, 0.15) is 151 Å². The van der Waals surface area contributed by atoms with Crippen LogP contribution in [0.2, 0.25) is 0 Å². The molecule has 0 aromatic carbocycles. The Labute approximate surface area is 282 Å². The van der Waals surface area contributed by atoms with Gasteiger partial charge in [-0.25, -0.2) is 4.79 Å². The van der Waals surface area contributed by atoms with Gasteiger partial charge in [-0.05, 0) is 38.0 Å². The van der Waals surface area contributed by atoms with Crippen LogP contribution in [0.5, 0.6) is 0 Å². The van der Waals surface area contributed by atoms with Crippen molar-refractivity contribution in [1.82, 2.24) is 21.3 Å². The summed E-state index contributed by atoms with van der Waals surface area (Å²) in [5.41, 5.74) is 5.06. The summed E-state index contributed by atoms with van der Waals surface area (Å²) in [5.74, 6) is -4.36. The van der Waals surface area contributed by atoms with E-state index in [9.17, 15) is 33.9 Å². The molecule has 0 radical (unpaired) electrons. The van der Waals surface area contributed by atoms with E-state index in [0.717, 1.165) is 19.3 Å². The number of amides is 5. The van der Waals surface area contributed by atoms with Gasteiger partial charge in [-0.1, -0.05) is 112 Å². The van der Waals surface area contributed by atoms with Crippen LogP contribution in [0.15, 0.2) is 0 Å². The van der Waals surface area contributed by atoms with E-state index in [1.807, 2.05) is 27.7 Å². The Morgan fingerprint density at radius 2 is 0.957 bits per heavy atom. The molecular formula is C35H65N5O7. The van der Waals surface area contributed by atoms with Crippen LogP contribution < -0.4 is 27.0 Å². The van der Waals surface area contributed by atoms with Crippen LogP contribution in [0, 0.1) is 11.8 Å². The molecule has 0 aromatic rings. The van der Waals surface area contributed by atoms with E-state index in [-0.39, 0.29) is 24.2 Å². The van der Waals surface area contributed by atoms with Gasteiger partial charge in [0.2, 0.25) is 29.5 Å². The molecule has 0 heterocycles. The number of hydrogen-bond acceptors (Lipinski definition) is 6. The lowest BCUT2D eigenvalue weighted by Crippen LogP contribution is -2.57. The minimum Gasteiger partial charge on any atom is -0.480 e. The third-order valence-corrected chi connectivity index (χ3v) is 7.98. The molecule has 12 nitrogen and oxygen atoms in total. The average Bonchev–Trinajstić information content (AvgIpc) is 2.97. The topological polar surface area (TPSA) is 197 Å². The molecule has 4 atom stereocenters. The highest BCUT2D eigenvalue weighted by molar-refractivity contribution is 5.95. The SMILES string of the molecule is CCCCCCCCCCCCCCCC(=O)N[C@@H](CC(C)C)C(=O)N[C@@H](CC(C)C)C(=O)N[C@@H](C)C(=O)N[C@@H](CC(N)=O)C(=O)O. The number of rotatable bonds is 28. The van der Waals surface area contributed by atoms with Crippen LogP contribution in [0.25, 0.3) is 0 Å². The molecule has 0 aliphatic rings. The van der Waals surface area contributed by atoms with Gasteiger partial charge in [0, 0.05) is 6.42 Å². The maximum absolute atomic E-state index is 13.3. The second-order valence-corrected chi connectivity index (χ2v) is 13.7. The molecule has 0 bridgehead atoms. The van der Waals surface area contributed by atoms with E-state index in [1.54, 1.807) is 0 Å². The van der Waals surface area contributed by atoms with Gasteiger partial charge in [0.05, 0.1) is 6.42 Å². The van der Waals surface area contributed by atoms with Crippen molar-refractivity contribution in [3.8, 4) is 0 Å². The number of unbranched alkanes of at least 4 members (excludes halogenated alkanes) is 12. The van der Waals surface area contributed by atoms with Crippen molar-refractivity contribution in [2.24, 2.45) is 17.6 Å². The molecule has 0 aliphatic heterocycles. The summed E-state index contributed by atoms with van der Waals surface area (Å²) in [4.78, 5) is 74.4. The van der Waals surface area contributed by atoms with Gasteiger partial charge < -0.3 is 32.1 Å². The number of carboxylic acid groups (broad SMARTS) is 1. The third-order valence-electron chi connectivity index (χ3n) is 7.98. The second-order valence-electron chi connectivity index (χ2n) is 13.7. The first kappa shape index (κ1) is 43.8. The van der Waals surface area contributed by atoms with E-state index in [2.05, 4.69) is 28.2 Å². The molecule has 0 fully saturated rings. The van der Waals surface area contributed by atoms with Crippen molar-refractivity contribution in [2.45, 2.75) is 175 Å². The first-order valence-electron chi connectivity index (χ1n) is 17.9. The number of hydrogen-bond donors (Lipinski definition) is 6. The smallest absolute Gasteiger partial charge is 0.326 e. The molecule has 0 aromatic heterocycles. The van der Waals surface area contributed by atoms with E-state index < -0.39 is 60.2 Å². The lowest BCUT2D eigenvalue weighted by molar-refractivity contribution is -0.143. The summed E-state index contributed by atoms with van der Waals surface area (Å²) < 4.78 is 0. The number of aliphatic carboxylic acids is 1. The van der Waals surface area contributed by atoms with Gasteiger partial charge in [-0.3, -0.25) is 24.0 Å². The number of carbonyl (C=O) groups excluding carboxylic acids is 5. The van der Waals surface area contributed by atoms with E-state index >= 15 is 0 Å². The van der Waals surface area contributed by atoms with Crippen molar-refractivity contribution in [2.75, 3.05) is 0 Å². The minimum absolute atomic E-state index is 0.0100. The molecule has 0 aliphatic carbocycles.